The Labute approximate surface area is 75.0 Å². The SMILES string of the molecule is Nc1cc(O)c(O)c2ccccc12. The lowest BCUT2D eigenvalue weighted by molar-refractivity contribution is 0.408. The van der Waals surface area contributed by atoms with Crippen molar-refractivity contribution < 1.29 is 10.2 Å². The minimum atomic E-state index is -0.184. The van der Waals surface area contributed by atoms with Crippen LogP contribution in [0.3, 0.4) is 0 Å². The summed E-state index contributed by atoms with van der Waals surface area (Å²) in [6.07, 6.45) is 0. The van der Waals surface area contributed by atoms with Crippen molar-refractivity contribution in [2.75, 3.05) is 5.73 Å². The van der Waals surface area contributed by atoms with Crippen molar-refractivity contribution in [3.63, 3.8) is 0 Å². The molecule has 13 heavy (non-hydrogen) atoms. The molecule has 0 saturated heterocycles. The van der Waals surface area contributed by atoms with Crippen molar-refractivity contribution in [2.45, 2.75) is 0 Å². The molecule has 66 valence electrons. The summed E-state index contributed by atoms with van der Waals surface area (Å²) < 4.78 is 0. The lowest BCUT2D eigenvalue weighted by atomic mass is 10.1. The quantitative estimate of drug-likeness (QED) is 0.325. The number of phenolic OH excluding ortho intramolecular Hbond substituents is 2. The summed E-state index contributed by atoms with van der Waals surface area (Å²) in [6, 6.07) is 8.46. The zero-order chi connectivity index (χ0) is 9.42. The van der Waals surface area contributed by atoms with Gasteiger partial charge in [-0.15, -0.1) is 0 Å². The van der Waals surface area contributed by atoms with Gasteiger partial charge in [-0.2, -0.15) is 0 Å². The van der Waals surface area contributed by atoms with Gasteiger partial charge in [0.2, 0.25) is 0 Å². The highest BCUT2D eigenvalue weighted by molar-refractivity contribution is 5.98. The lowest BCUT2D eigenvalue weighted by Crippen LogP contribution is -1.86. The van der Waals surface area contributed by atoms with E-state index < -0.39 is 0 Å². The molecule has 0 amide bonds. The van der Waals surface area contributed by atoms with Crippen molar-refractivity contribution in [1.82, 2.24) is 0 Å². The van der Waals surface area contributed by atoms with Gasteiger partial charge in [0.05, 0.1) is 0 Å². The minimum Gasteiger partial charge on any atom is -0.504 e. The Morgan fingerprint density at radius 1 is 1.00 bits per heavy atom. The first-order chi connectivity index (χ1) is 6.20. The summed E-state index contributed by atoms with van der Waals surface area (Å²) in [4.78, 5) is 0. The molecule has 0 aromatic heterocycles. The van der Waals surface area contributed by atoms with Crippen LogP contribution in [0.1, 0.15) is 0 Å². The van der Waals surface area contributed by atoms with Gasteiger partial charge in [0.15, 0.2) is 11.5 Å². The summed E-state index contributed by atoms with van der Waals surface area (Å²) in [5.74, 6) is -0.305. The molecule has 0 aliphatic rings. The first kappa shape index (κ1) is 7.73. The summed E-state index contributed by atoms with van der Waals surface area (Å²) in [6.45, 7) is 0. The third-order valence-corrected chi connectivity index (χ3v) is 2.03. The molecule has 2 aromatic carbocycles. The maximum atomic E-state index is 9.48. The Kier molecular flexibility index (Phi) is 1.52. The number of fused-ring (bicyclic) bond motifs is 1. The first-order valence-electron chi connectivity index (χ1n) is 3.89. The van der Waals surface area contributed by atoms with Crippen molar-refractivity contribution in [3.05, 3.63) is 30.3 Å². The maximum Gasteiger partial charge on any atom is 0.165 e. The molecule has 3 nitrogen and oxygen atoms in total. The molecule has 4 N–H and O–H groups in total. The predicted molar refractivity (Wildman–Crippen MR) is 51.7 cm³/mol. The van der Waals surface area contributed by atoms with Crippen molar-refractivity contribution in [1.29, 1.82) is 0 Å². The van der Waals surface area contributed by atoms with E-state index in [1.165, 1.54) is 6.07 Å². The van der Waals surface area contributed by atoms with Crippen LogP contribution in [0.2, 0.25) is 0 Å². The third-order valence-electron chi connectivity index (χ3n) is 2.03. The van der Waals surface area contributed by atoms with Crippen molar-refractivity contribution in [3.8, 4) is 11.5 Å². The smallest absolute Gasteiger partial charge is 0.165 e. The fraction of sp³-hybridized carbons (Fsp3) is 0. The number of rotatable bonds is 0. The van der Waals surface area contributed by atoms with Crippen LogP contribution >= 0.6 is 0 Å². The van der Waals surface area contributed by atoms with E-state index >= 15 is 0 Å². The summed E-state index contributed by atoms with van der Waals surface area (Å²) in [5, 5.41) is 20.1. The summed E-state index contributed by atoms with van der Waals surface area (Å²) in [5.41, 5.74) is 6.12. The summed E-state index contributed by atoms with van der Waals surface area (Å²) in [7, 11) is 0. The van der Waals surface area contributed by atoms with Gasteiger partial charge in [-0.3, -0.25) is 0 Å². The molecule has 0 fully saturated rings. The van der Waals surface area contributed by atoms with Crippen LogP contribution in [0.4, 0.5) is 5.69 Å². The number of nitrogen functional groups attached to an aromatic ring is 1. The van der Waals surface area contributed by atoms with Crippen LogP contribution in [0, 0.1) is 0 Å². The predicted octanol–water partition coefficient (Wildman–Crippen LogP) is 1.83. The molecule has 0 aliphatic carbocycles. The average Bonchev–Trinajstić information content (AvgIpc) is 2.15. The van der Waals surface area contributed by atoms with Gasteiger partial charge < -0.3 is 15.9 Å². The number of nitrogens with two attached hydrogens (primary N) is 1. The average molecular weight is 175 g/mol. The van der Waals surface area contributed by atoms with Gasteiger partial charge >= 0.3 is 0 Å². The van der Waals surface area contributed by atoms with Crippen molar-refractivity contribution in [2.24, 2.45) is 0 Å². The van der Waals surface area contributed by atoms with Crippen molar-refractivity contribution >= 4 is 16.5 Å². The van der Waals surface area contributed by atoms with Crippen LogP contribution in [0.5, 0.6) is 11.5 Å². The number of phenols is 2. The largest absolute Gasteiger partial charge is 0.504 e. The van der Waals surface area contributed by atoms with E-state index in [-0.39, 0.29) is 11.5 Å². The number of benzene rings is 2. The summed E-state index contributed by atoms with van der Waals surface area (Å²) >= 11 is 0. The fourth-order valence-corrected chi connectivity index (χ4v) is 1.37. The molecule has 0 unspecified atom stereocenters. The highest BCUT2D eigenvalue weighted by Gasteiger charge is 2.07. The second kappa shape index (κ2) is 2.55. The molecule has 2 aromatic rings. The Morgan fingerprint density at radius 3 is 2.31 bits per heavy atom. The monoisotopic (exact) mass is 175 g/mol. The van der Waals surface area contributed by atoms with Gasteiger partial charge in [-0.05, 0) is 0 Å². The zero-order valence-corrected chi connectivity index (χ0v) is 6.86. The van der Waals surface area contributed by atoms with Crippen LogP contribution < -0.4 is 5.73 Å². The van der Waals surface area contributed by atoms with Crippen LogP contribution in [-0.4, -0.2) is 10.2 Å². The van der Waals surface area contributed by atoms with Crippen LogP contribution in [0.25, 0.3) is 10.8 Å². The minimum absolute atomic E-state index is 0.121. The molecule has 0 radical (unpaired) electrons. The van der Waals surface area contributed by atoms with Gasteiger partial charge in [0.25, 0.3) is 0 Å². The van der Waals surface area contributed by atoms with E-state index in [2.05, 4.69) is 0 Å². The molecule has 0 atom stereocenters. The Hall–Kier alpha value is -1.90. The van der Waals surface area contributed by atoms with E-state index in [0.717, 1.165) is 5.39 Å². The van der Waals surface area contributed by atoms with Gasteiger partial charge in [-0.25, -0.2) is 0 Å². The topological polar surface area (TPSA) is 66.5 Å². The molecule has 3 heteroatoms. The molecular formula is C10H9NO2. The molecule has 0 saturated carbocycles. The second-order valence-corrected chi connectivity index (χ2v) is 2.88. The number of anilines is 1. The first-order valence-corrected chi connectivity index (χ1v) is 3.89. The van der Waals surface area contributed by atoms with Crippen LogP contribution in [-0.2, 0) is 0 Å². The molecule has 0 bridgehead atoms. The Morgan fingerprint density at radius 2 is 1.62 bits per heavy atom. The standard InChI is InChI=1S/C10H9NO2/c11-8-5-9(12)10(13)7-4-2-1-3-6(7)8/h1-5,12-13H,11H2. The second-order valence-electron chi connectivity index (χ2n) is 2.88. The highest BCUT2D eigenvalue weighted by Crippen LogP contribution is 2.36. The molecule has 0 aliphatic heterocycles. The molecular weight excluding hydrogens is 166 g/mol. The van der Waals surface area contributed by atoms with Gasteiger partial charge in [0.1, 0.15) is 0 Å². The van der Waals surface area contributed by atoms with Gasteiger partial charge in [-0.1, -0.05) is 24.3 Å². The van der Waals surface area contributed by atoms with E-state index in [1.807, 2.05) is 6.07 Å². The molecule has 0 heterocycles. The van der Waals surface area contributed by atoms with Crippen LogP contribution in [0.15, 0.2) is 30.3 Å². The number of hydrogen-bond donors (Lipinski definition) is 3. The van der Waals surface area contributed by atoms with E-state index in [9.17, 15) is 10.2 Å². The fourth-order valence-electron chi connectivity index (χ4n) is 1.37. The molecule has 2 rings (SSSR count). The van der Waals surface area contributed by atoms with E-state index in [1.54, 1.807) is 18.2 Å². The molecule has 0 spiro atoms. The van der Waals surface area contributed by atoms with E-state index in [4.69, 9.17) is 5.73 Å². The zero-order valence-electron chi connectivity index (χ0n) is 6.86. The Balaban J connectivity index is 2.97. The van der Waals surface area contributed by atoms with Gasteiger partial charge in [0, 0.05) is 22.5 Å². The highest BCUT2D eigenvalue weighted by atomic mass is 16.3. The number of hydrogen-bond acceptors (Lipinski definition) is 3. The third kappa shape index (κ3) is 1.05. The maximum absolute atomic E-state index is 9.48. The van der Waals surface area contributed by atoms with E-state index in [0.29, 0.717) is 11.1 Å². The normalized spacial score (nSPS) is 10.5. The lowest BCUT2D eigenvalue weighted by Gasteiger charge is -2.05. The number of aromatic hydroxyl groups is 2. The Bertz CT molecular complexity index is 466.